The largest absolute Gasteiger partial charge is 0.302 e. The number of likely N-dealkylation sites (tertiary alicyclic amines) is 1. The molecule has 15 heavy (non-hydrogen) atoms. The second-order valence-electron chi connectivity index (χ2n) is 4.82. The van der Waals surface area contributed by atoms with Gasteiger partial charge in [0.15, 0.2) is 0 Å². The van der Waals surface area contributed by atoms with Crippen LogP contribution in [-0.2, 0) is 0 Å². The number of nitrogens with zero attached hydrogens (tertiary/aromatic N) is 3. The molecule has 0 spiro atoms. The lowest BCUT2D eigenvalue weighted by Gasteiger charge is -2.34. The first-order valence-corrected chi connectivity index (χ1v) is 6.55. The van der Waals surface area contributed by atoms with Crippen molar-refractivity contribution in [2.45, 2.75) is 19.8 Å². The zero-order valence-corrected chi connectivity index (χ0v) is 10.1. The van der Waals surface area contributed by atoms with Crippen LogP contribution in [0.3, 0.4) is 0 Å². The van der Waals surface area contributed by atoms with Crippen LogP contribution in [0.2, 0.25) is 0 Å². The van der Waals surface area contributed by atoms with Crippen molar-refractivity contribution in [2.75, 3.05) is 58.9 Å². The minimum atomic E-state index is 1.22. The molecule has 0 bridgehead atoms. The minimum Gasteiger partial charge on any atom is -0.302 e. The summed E-state index contributed by atoms with van der Waals surface area (Å²) in [6, 6.07) is 0. The summed E-state index contributed by atoms with van der Waals surface area (Å²) < 4.78 is 0. The Kier molecular flexibility index (Phi) is 4.42. The van der Waals surface area contributed by atoms with E-state index in [2.05, 4.69) is 21.6 Å². The summed E-state index contributed by atoms with van der Waals surface area (Å²) >= 11 is 0. The molecule has 2 fully saturated rings. The first kappa shape index (κ1) is 11.4. The molecule has 2 heterocycles. The fourth-order valence-corrected chi connectivity index (χ4v) is 2.62. The van der Waals surface area contributed by atoms with E-state index in [9.17, 15) is 0 Å². The molecule has 3 heteroatoms. The van der Waals surface area contributed by atoms with Gasteiger partial charge in [0.2, 0.25) is 0 Å². The van der Waals surface area contributed by atoms with E-state index in [0.29, 0.717) is 0 Å². The van der Waals surface area contributed by atoms with Gasteiger partial charge in [-0.25, -0.2) is 0 Å². The Morgan fingerprint density at radius 3 is 1.67 bits per heavy atom. The normalized spacial score (nSPS) is 26.2. The molecule has 3 nitrogen and oxygen atoms in total. The first-order chi connectivity index (χ1) is 7.38. The van der Waals surface area contributed by atoms with E-state index in [1.54, 1.807) is 0 Å². The molecule has 0 amide bonds. The smallest absolute Gasteiger partial charge is 0.0110 e. The molecule has 0 N–H and O–H groups in total. The minimum absolute atomic E-state index is 1.22. The Balaban J connectivity index is 1.59. The van der Waals surface area contributed by atoms with Crippen LogP contribution in [-0.4, -0.2) is 73.6 Å². The summed E-state index contributed by atoms with van der Waals surface area (Å²) in [6.45, 7) is 13.9. The lowest BCUT2D eigenvalue weighted by molar-refractivity contribution is 0.126. The van der Waals surface area contributed by atoms with Gasteiger partial charge in [0.25, 0.3) is 0 Å². The zero-order chi connectivity index (χ0) is 10.5. The van der Waals surface area contributed by atoms with Crippen LogP contribution in [0.15, 0.2) is 0 Å². The van der Waals surface area contributed by atoms with E-state index in [1.165, 1.54) is 71.7 Å². The second-order valence-corrected chi connectivity index (χ2v) is 4.82. The second kappa shape index (κ2) is 5.83. The van der Waals surface area contributed by atoms with Crippen molar-refractivity contribution in [3.8, 4) is 0 Å². The van der Waals surface area contributed by atoms with Gasteiger partial charge in [0, 0.05) is 39.3 Å². The maximum absolute atomic E-state index is 2.63. The number of hydrogen-bond donors (Lipinski definition) is 0. The maximum atomic E-state index is 2.63. The average Bonchev–Trinajstić information content (AvgIpc) is 2.80. The van der Waals surface area contributed by atoms with Gasteiger partial charge in [-0.3, -0.25) is 4.90 Å². The monoisotopic (exact) mass is 211 g/mol. The van der Waals surface area contributed by atoms with Crippen molar-refractivity contribution < 1.29 is 0 Å². The van der Waals surface area contributed by atoms with E-state index in [1.807, 2.05) is 0 Å². The molecule has 0 aromatic rings. The Bertz CT molecular complexity index is 170. The molecule has 0 aromatic carbocycles. The summed E-state index contributed by atoms with van der Waals surface area (Å²) in [6.07, 6.45) is 2.84. The molecular weight excluding hydrogens is 186 g/mol. The summed E-state index contributed by atoms with van der Waals surface area (Å²) in [7, 11) is 0. The maximum Gasteiger partial charge on any atom is 0.0110 e. The lowest BCUT2D eigenvalue weighted by Crippen LogP contribution is -2.48. The Morgan fingerprint density at radius 2 is 1.13 bits per heavy atom. The molecule has 0 atom stereocenters. The number of piperazine rings is 1. The van der Waals surface area contributed by atoms with Gasteiger partial charge in [-0.15, -0.1) is 0 Å². The highest BCUT2D eigenvalue weighted by Crippen LogP contribution is 2.07. The molecule has 2 aliphatic heterocycles. The topological polar surface area (TPSA) is 9.72 Å². The van der Waals surface area contributed by atoms with Crippen LogP contribution in [0, 0.1) is 0 Å². The molecule has 0 radical (unpaired) electrons. The van der Waals surface area contributed by atoms with Crippen molar-refractivity contribution in [3.63, 3.8) is 0 Å². The Morgan fingerprint density at radius 1 is 0.667 bits per heavy atom. The van der Waals surface area contributed by atoms with E-state index in [0.717, 1.165) is 0 Å². The van der Waals surface area contributed by atoms with Crippen molar-refractivity contribution in [1.82, 2.24) is 14.7 Å². The average molecular weight is 211 g/mol. The number of hydrogen-bond acceptors (Lipinski definition) is 3. The van der Waals surface area contributed by atoms with Crippen LogP contribution < -0.4 is 0 Å². The third kappa shape index (κ3) is 3.44. The first-order valence-electron chi connectivity index (χ1n) is 6.55. The van der Waals surface area contributed by atoms with Gasteiger partial charge in [0.1, 0.15) is 0 Å². The molecular formula is C12H25N3. The van der Waals surface area contributed by atoms with Crippen LogP contribution in [0.1, 0.15) is 19.8 Å². The zero-order valence-electron chi connectivity index (χ0n) is 10.1. The highest BCUT2D eigenvalue weighted by Gasteiger charge is 2.17. The van der Waals surface area contributed by atoms with E-state index >= 15 is 0 Å². The van der Waals surface area contributed by atoms with E-state index < -0.39 is 0 Å². The van der Waals surface area contributed by atoms with Crippen LogP contribution in [0.25, 0.3) is 0 Å². The van der Waals surface area contributed by atoms with Crippen LogP contribution in [0.5, 0.6) is 0 Å². The highest BCUT2D eigenvalue weighted by molar-refractivity contribution is 4.73. The molecule has 88 valence electrons. The number of rotatable bonds is 4. The van der Waals surface area contributed by atoms with Crippen molar-refractivity contribution >= 4 is 0 Å². The molecule has 0 aliphatic carbocycles. The standard InChI is InChI=1S/C12H25N3/c1-2-13-7-9-15(10-8-13)12-11-14-5-3-4-6-14/h2-12H2,1H3. The summed E-state index contributed by atoms with van der Waals surface area (Å²) in [4.78, 5) is 7.79. The van der Waals surface area contributed by atoms with Crippen molar-refractivity contribution in [1.29, 1.82) is 0 Å². The third-order valence-corrected chi connectivity index (χ3v) is 3.84. The third-order valence-electron chi connectivity index (χ3n) is 3.84. The predicted octanol–water partition coefficient (Wildman–Crippen LogP) is 0.720. The van der Waals surface area contributed by atoms with Gasteiger partial charge in [-0.1, -0.05) is 6.92 Å². The molecule has 2 rings (SSSR count). The van der Waals surface area contributed by atoms with Gasteiger partial charge in [-0.2, -0.15) is 0 Å². The molecule has 2 aliphatic rings. The summed E-state index contributed by atoms with van der Waals surface area (Å²) in [5.74, 6) is 0. The van der Waals surface area contributed by atoms with Crippen LogP contribution >= 0.6 is 0 Å². The quantitative estimate of drug-likeness (QED) is 0.678. The van der Waals surface area contributed by atoms with Crippen molar-refractivity contribution in [2.24, 2.45) is 0 Å². The van der Waals surface area contributed by atoms with Gasteiger partial charge in [-0.05, 0) is 32.5 Å². The lowest BCUT2D eigenvalue weighted by atomic mass is 10.3. The molecule has 2 saturated heterocycles. The summed E-state index contributed by atoms with van der Waals surface area (Å²) in [5, 5.41) is 0. The fourth-order valence-electron chi connectivity index (χ4n) is 2.62. The Labute approximate surface area is 94.0 Å². The predicted molar refractivity (Wildman–Crippen MR) is 64.2 cm³/mol. The molecule has 0 saturated carbocycles. The van der Waals surface area contributed by atoms with E-state index in [4.69, 9.17) is 0 Å². The van der Waals surface area contributed by atoms with Gasteiger partial charge < -0.3 is 9.80 Å². The van der Waals surface area contributed by atoms with Crippen LogP contribution in [0.4, 0.5) is 0 Å². The van der Waals surface area contributed by atoms with Crippen molar-refractivity contribution in [3.05, 3.63) is 0 Å². The molecule has 0 aromatic heterocycles. The van der Waals surface area contributed by atoms with Gasteiger partial charge in [0.05, 0.1) is 0 Å². The van der Waals surface area contributed by atoms with E-state index in [-0.39, 0.29) is 0 Å². The highest BCUT2D eigenvalue weighted by atomic mass is 15.3. The fraction of sp³-hybridized carbons (Fsp3) is 1.00. The van der Waals surface area contributed by atoms with Gasteiger partial charge >= 0.3 is 0 Å². The number of likely N-dealkylation sites (N-methyl/N-ethyl adjacent to an activating group) is 1. The summed E-state index contributed by atoms with van der Waals surface area (Å²) in [5.41, 5.74) is 0. The Hall–Kier alpha value is -0.120. The molecule has 0 unspecified atom stereocenters. The SMILES string of the molecule is CCN1CCN(CCN2CCCC2)CC1.